The zero-order valence-corrected chi connectivity index (χ0v) is 49.1. The van der Waals surface area contributed by atoms with Gasteiger partial charge in [-0.25, -0.2) is 19.2 Å². The molecule has 11 rings (SSSR count). The lowest BCUT2D eigenvalue weighted by atomic mass is 9.83. The maximum absolute atomic E-state index is 15.2. The highest BCUT2D eigenvalue weighted by Gasteiger charge is 2.34. The van der Waals surface area contributed by atoms with E-state index < -0.39 is 23.9 Å². The van der Waals surface area contributed by atoms with Crippen LogP contribution in [0.1, 0.15) is 74.8 Å². The minimum absolute atomic E-state index is 0.0138. The van der Waals surface area contributed by atoms with Crippen LogP contribution in [0.3, 0.4) is 0 Å². The second-order valence-corrected chi connectivity index (χ2v) is 22.4. The van der Waals surface area contributed by atoms with E-state index in [1.165, 1.54) is 0 Å². The number of ether oxygens (including phenoxy) is 6. The van der Waals surface area contributed by atoms with E-state index in [4.69, 9.17) is 28.4 Å². The first kappa shape index (κ1) is 54.1. The highest BCUT2D eigenvalue weighted by atomic mass is 79.9. The van der Waals surface area contributed by atoms with Gasteiger partial charge in [0, 0.05) is 52.0 Å². The van der Waals surface area contributed by atoms with Gasteiger partial charge in [0.05, 0.1) is 31.2 Å². The number of rotatable bonds is 16. The van der Waals surface area contributed by atoms with Crippen molar-refractivity contribution in [2.24, 2.45) is 0 Å². The van der Waals surface area contributed by atoms with Crippen LogP contribution in [0.25, 0.3) is 43.1 Å². The topological polar surface area (TPSA) is 124 Å². The summed E-state index contributed by atoms with van der Waals surface area (Å²) < 4.78 is 40.5. The van der Waals surface area contributed by atoms with Crippen LogP contribution in [-0.2, 0) is 45.4 Å². The lowest BCUT2D eigenvalue weighted by molar-refractivity contribution is 0.0458. The highest BCUT2D eigenvalue weighted by Crippen LogP contribution is 2.55. The lowest BCUT2D eigenvalue weighted by Gasteiger charge is -2.25. The summed E-state index contributed by atoms with van der Waals surface area (Å²) in [4.78, 5) is 60.3. The summed E-state index contributed by atoms with van der Waals surface area (Å²) in [6.45, 7) is 3.56. The third-order valence-electron chi connectivity index (χ3n) is 13.5. The number of carbonyl (C=O) groups excluding carboxylic acids is 4. The molecule has 0 spiro atoms. The molecule has 396 valence electrons. The Morgan fingerprint density at radius 2 is 0.588 bits per heavy atom. The van der Waals surface area contributed by atoms with E-state index in [0.29, 0.717) is 61.7 Å². The van der Waals surface area contributed by atoms with E-state index >= 15 is 9.59 Å². The molecule has 0 radical (unpaired) electrons. The summed E-state index contributed by atoms with van der Waals surface area (Å²) in [5.41, 5.74) is 4.90. The average molecular weight is 1320 g/mol. The fraction of sp³-hybridized carbons (Fsp3) is 0.0909. The second kappa shape index (κ2) is 23.4. The van der Waals surface area contributed by atoms with Gasteiger partial charge in [0.2, 0.25) is 0 Å². The summed E-state index contributed by atoms with van der Waals surface area (Å²) in [5, 5.41) is 2.67. The Bertz CT molecular complexity index is 3940. The Morgan fingerprint density at radius 1 is 0.300 bits per heavy atom. The molecule has 0 heterocycles. The number of carbonyl (C=O) groups is 4. The molecule has 10 nitrogen and oxygen atoms in total. The Kier molecular flexibility index (Phi) is 15.9. The van der Waals surface area contributed by atoms with Crippen molar-refractivity contribution < 1.29 is 47.6 Å². The molecule has 0 aliphatic heterocycles. The molecule has 11 aromatic rings. The van der Waals surface area contributed by atoms with Gasteiger partial charge in [-0.2, -0.15) is 0 Å². The number of halogens is 4. The Morgan fingerprint density at radius 3 is 0.875 bits per heavy atom. The normalized spacial score (nSPS) is 11.3. The highest BCUT2D eigenvalue weighted by molar-refractivity contribution is 9.11. The first-order valence-corrected chi connectivity index (χ1v) is 28.4. The SMILES string of the molecule is Cc1ccc(Oc2cc(C(=O)OCc3ccccc3)c3c(C(=O)OCc4ccccc4)cc(Br)c4c5c(Oc6ccc(C)cc6Br)cc(C(=O)OCc6ccccc6)c6c(C(=O)OCc7ccccc7)cc(Br)c(c2c34)c65)c(Br)c1. The molecule has 0 atom stereocenters. The zero-order chi connectivity index (χ0) is 55.6. The third kappa shape index (κ3) is 11.0. The molecule has 14 heteroatoms. The fourth-order valence-corrected chi connectivity index (χ4v) is 12.2. The van der Waals surface area contributed by atoms with Gasteiger partial charge in [0.15, 0.2) is 0 Å². The molecule has 0 aliphatic carbocycles. The van der Waals surface area contributed by atoms with Gasteiger partial charge < -0.3 is 28.4 Å². The third-order valence-corrected chi connectivity index (χ3v) is 16.0. The molecule has 11 aromatic carbocycles. The van der Waals surface area contributed by atoms with Crippen molar-refractivity contribution in [1.82, 2.24) is 0 Å². The first-order chi connectivity index (χ1) is 38.8. The largest absolute Gasteiger partial charge is 0.457 e. The van der Waals surface area contributed by atoms with E-state index in [-0.39, 0.29) is 71.0 Å². The summed E-state index contributed by atoms with van der Waals surface area (Å²) in [5.74, 6) is -1.90. The minimum Gasteiger partial charge on any atom is -0.457 e. The number of fused-ring (bicyclic) bond motifs is 2. The monoisotopic (exact) mass is 1310 g/mol. The van der Waals surface area contributed by atoms with Gasteiger partial charge in [0.25, 0.3) is 0 Å². The van der Waals surface area contributed by atoms with Gasteiger partial charge in [-0.15, -0.1) is 0 Å². The summed E-state index contributed by atoms with van der Waals surface area (Å²) >= 11 is 15.3. The van der Waals surface area contributed by atoms with Crippen molar-refractivity contribution in [3.05, 3.63) is 256 Å². The molecule has 80 heavy (non-hydrogen) atoms. The molecule has 0 aliphatic rings. The van der Waals surface area contributed by atoms with E-state index in [1.807, 2.05) is 159 Å². The molecular formula is C66H44Br4O10. The molecule has 0 bridgehead atoms. The predicted molar refractivity (Wildman–Crippen MR) is 323 cm³/mol. The zero-order valence-electron chi connectivity index (χ0n) is 42.7. The fourth-order valence-electron chi connectivity index (χ4n) is 9.76. The second-order valence-electron chi connectivity index (χ2n) is 19.0. The Labute approximate surface area is 493 Å². The van der Waals surface area contributed by atoms with Crippen molar-refractivity contribution >= 4 is 131 Å². The number of benzene rings is 11. The molecule has 0 aromatic heterocycles. The van der Waals surface area contributed by atoms with Crippen LogP contribution < -0.4 is 9.47 Å². The molecule has 0 amide bonds. The molecule has 0 unspecified atom stereocenters. The van der Waals surface area contributed by atoms with Crippen LogP contribution in [0.15, 0.2) is 200 Å². The molecule has 0 saturated carbocycles. The quantitative estimate of drug-likeness (QED) is 0.0400. The number of hydrogen-bond donors (Lipinski definition) is 0. The number of hydrogen-bond acceptors (Lipinski definition) is 10. The maximum Gasteiger partial charge on any atom is 0.339 e. The van der Waals surface area contributed by atoms with Gasteiger partial charge >= 0.3 is 23.9 Å². The predicted octanol–water partition coefficient (Wildman–Crippen LogP) is 18.4. The first-order valence-electron chi connectivity index (χ1n) is 25.2. The van der Waals surface area contributed by atoms with E-state index in [2.05, 4.69) is 63.7 Å². The van der Waals surface area contributed by atoms with Crippen molar-refractivity contribution in [3.8, 4) is 23.0 Å². The van der Waals surface area contributed by atoms with Crippen LogP contribution in [0, 0.1) is 13.8 Å². The van der Waals surface area contributed by atoms with E-state index in [0.717, 1.165) is 33.4 Å². The summed E-state index contributed by atoms with van der Waals surface area (Å²) in [7, 11) is 0. The molecule has 0 N–H and O–H groups in total. The Hall–Kier alpha value is -7.88. The van der Waals surface area contributed by atoms with Gasteiger partial charge in [-0.3, -0.25) is 0 Å². The van der Waals surface area contributed by atoms with Crippen LogP contribution in [0.5, 0.6) is 23.0 Å². The number of aryl methyl sites for hydroxylation is 2. The van der Waals surface area contributed by atoms with Crippen LogP contribution in [0.4, 0.5) is 0 Å². The molecule has 0 saturated heterocycles. The summed E-state index contributed by atoms with van der Waals surface area (Å²) in [6, 6.07) is 54.6. The molecule has 0 fully saturated rings. The van der Waals surface area contributed by atoms with E-state index in [9.17, 15) is 9.59 Å². The van der Waals surface area contributed by atoms with Gasteiger partial charge in [-0.05, 0) is 128 Å². The maximum atomic E-state index is 15.2. The smallest absolute Gasteiger partial charge is 0.339 e. The Balaban J connectivity index is 1.29. The average Bonchev–Trinajstić information content (AvgIpc) is 3.61. The van der Waals surface area contributed by atoms with Gasteiger partial charge in [0.1, 0.15) is 49.4 Å². The minimum atomic E-state index is -0.762. The summed E-state index contributed by atoms with van der Waals surface area (Å²) in [6.07, 6.45) is 0. The van der Waals surface area contributed by atoms with E-state index in [1.54, 1.807) is 36.4 Å². The van der Waals surface area contributed by atoms with Gasteiger partial charge in [-0.1, -0.05) is 165 Å². The van der Waals surface area contributed by atoms with Crippen molar-refractivity contribution in [2.45, 2.75) is 40.3 Å². The molecular weight excluding hydrogens is 1270 g/mol. The van der Waals surface area contributed by atoms with Crippen LogP contribution in [0.2, 0.25) is 0 Å². The van der Waals surface area contributed by atoms with Crippen molar-refractivity contribution in [2.75, 3.05) is 0 Å². The van der Waals surface area contributed by atoms with Crippen LogP contribution in [-0.4, -0.2) is 23.9 Å². The lowest BCUT2D eigenvalue weighted by Crippen LogP contribution is -2.13. The van der Waals surface area contributed by atoms with Crippen molar-refractivity contribution in [1.29, 1.82) is 0 Å². The van der Waals surface area contributed by atoms with Crippen LogP contribution >= 0.6 is 63.7 Å². The standard InChI is InChI=1S/C66H44Br4O10/c1-37-23-25-51(47(67)27-37)79-53-31-45(65(73)77-35-41-19-11-5-12-20-41)55-43(63(71)75-33-39-15-7-3-8-16-39)30-50(70)58-60-54(80-52-26-24-38(2)28-48(52)68)32-46(66(74)78-36-42-21-13-6-14-22-42)56-44(64(72)76-34-40-17-9-4-10-18-40)29-49(69)57(62(56)60)59(53)61(55)58/h3-32H,33-36H2,1-2H3. The number of esters is 4. The van der Waals surface area contributed by atoms with Crippen molar-refractivity contribution in [3.63, 3.8) is 0 Å².